The van der Waals surface area contributed by atoms with Crippen LogP contribution < -0.4 is 10.0 Å². The van der Waals surface area contributed by atoms with Gasteiger partial charge in [0.05, 0.1) is 0 Å². The molecule has 4 nitrogen and oxygen atoms in total. The van der Waals surface area contributed by atoms with Gasteiger partial charge in [-0.25, -0.2) is 4.98 Å². The van der Waals surface area contributed by atoms with E-state index in [4.69, 9.17) is 11.6 Å². The molecule has 2 aromatic carbocycles. The molecule has 3 rings (SSSR count). The zero-order valence-corrected chi connectivity index (χ0v) is 11.3. The fourth-order valence-corrected chi connectivity index (χ4v) is 2.15. The van der Waals surface area contributed by atoms with Gasteiger partial charge in [-0.3, -0.25) is 0 Å². The lowest BCUT2D eigenvalue weighted by Gasteiger charge is -2.07. The van der Waals surface area contributed by atoms with E-state index >= 15 is 0 Å². The summed E-state index contributed by atoms with van der Waals surface area (Å²) in [6.07, 6.45) is 1.42. The van der Waals surface area contributed by atoms with Gasteiger partial charge < -0.3 is 10.5 Å². The number of benzene rings is 2. The predicted molar refractivity (Wildman–Crippen MR) is 79.5 cm³/mol. The van der Waals surface area contributed by atoms with Crippen molar-refractivity contribution in [3.05, 3.63) is 70.5 Å². The van der Waals surface area contributed by atoms with Crippen molar-refractivity contribution in [3.8, 4) is 0 Å². The van der Waals surface area contributed by atoms with Gasteiger partial charge in [0.1, 0.15) is 5.52 Å². The molecule has 1 heterocycles. The van der Waals surface area contributed by atoms with Crippen LogP contribution in [0.25, 0.3) is 11.0 Å². The SMILES string of the molecule is [O-][n+]1cc(NCc2ccccc2)nc2ccc(Cl)cc21. The number of anilines is 1. The molecule has 3 aromatic rings. The molecule has 100 valence electrons. The van der Waals surface area contributed by atoms with Crippen molar-refractivity contribution in [2.75, 3.05) is 5.32 Å². The summed E-state index contributed by atoms with van der Waals surface area (Å²) < 4.78 is 0.779. The molecule has 1 N–H and O–H groups in total. The van der Waals surface area contributed by atoms with Gasteiger partial charge >= 0.3 is 0 Å². The second-order valence-corrected chi connectivity index (χ2v) is 4.86. The Hall–Kier alpha value is -2.33. The monoisotopic (exact) mass is 285 g/mol. The highest BCUT2D eigenvalue weighted by Crippen LogP contribution is 2.16. The number of nitrogens with zero attached hydrogens (tertiary/aromatic N) is 2. The molecule has 20 heavy (non-hydrogen) atoms. The number of hydrogen-bond acceptors (Lipinski definition) is 3. The summed E-state index contributed by atoms with van der Waals surface area (Å²) >= 11 is 5.88. The van der Waals surface area contributed by atoms with E-state index in [1.165, 1.54) is 6.20 Å². The molecular weight excluding hydrogens is 274 g/mol. The molecule has 0 fully saturated rings. The number of nitrogens with one attached hydrogen (secondary N) is 1. The highest BCUT2D eigenvalue weighted by molar-refractivity contribution is 6.31. The summed E-state index contributed by atoms with van der Waals surface area (Å²) in [5, 5.41) is 15.6. The molecule has 0 bridgehead atoms. The molecule has 0 radical (unpaired) electrons. The molecule has 0 amide bonds. The molecule has 0 aliphatic carbocycles. The first-order valence-corrected chi connectivity index (χ1v) is 6.57. The molecular formula is C15H12ClN3O. The molecule has 0 saturated heterocycles. The van der Waals surface area contributed by atoms with Gasteiger partial charge in [0.2, 0.25) is 11.7 Å². The Morgan fingerprint density at radius 1 is 1.15 bits per heavy atom. The number of rotatable bonds is 3. The lowest BCUT2D eigenvalue weighted by molar-refractivity contribution is -0.576. The van der Waals surface area contributed by atoms with Gasteiger partial charge in [0, 0.05) is 17.6 Å². The third-order valence-electron chi connectivity index (χ3n) is 2.97. The van der Waals surface area contributed by atoms with Crippen LogP contribution in [-0.4, -0.2) is 4.98 Å². The van der Waals surface area contributed by atoms with Crippen molar-refractivity contribution in [2.24, 2.45) is 0 Å². The number of halogens is 1. The van der Waals surface area contributed by atoms with Crippen LogP contribution in [0.2, 0.25) is 5.02 Å². The molecule has 0 aliphatic heterocycles. The van der Waals surface area contributed by atoms with Crippen LogP contribution in [0, 0.1) is 5.21 Å². The van der Waals surface area contributed by atoms with E-state index in [1.807, 2.05) is 30.3 Å². The first-order valence-electron chi connectivity index (χ1n) is 6.20. The summed E-state index contributed by atoms with van der Waals surface area (Å²) in [7, 11) is 0. The molecule has 0 aliphatic rings. The largest absolute Gasteiger partial charge is 0.618 e. The summed E-state index contributed by atoms with van der Waals surface area (Å²) in [6.45, 7) is 0.618. The van der Waals surface area contributed by atoms with Crippen molar-refractivity contribution < 1.29 is 4.73 Å². The second-order valence-electron chi connectivity index (χ2n) is 4.42. The Morgan fingerprint density at radius 2 is 1.95 bits per heavy atom. The lowest BCUT2D eigenvalue weighted by atomic mass is 10.2. The van der Waals surface area contributed by atoms with Gasteiger partial charge in [-0.2, -0.15) is 4.73 Å². The zero-order valence-electron chi connectivity index (χ0n) is 10.6. The van der Waals surface area contributed by atoms with Crippen molar-refractivity contribution in [2.45, 2.75) is 6.54 Å². The van der Waals surface area contributed by atoms with E-state index in [-0.39, 0.29) is 0 Å². The third-order valence-corrected chi connectivity index (χ3v) is 3.21. The summed E-state index contributed by atoms with van der Waals surface area (Å²) in [4.78, 5) is 4.40. The second kappa shape index (κ2) is 5.35. The van der Waals surface area contributed by atoms with Crippen LogP contribution in [0.1, 0.15) is 5.56 Å². The average Bonchev–Trinajstić information content (AvgIpc) is 2.47. The van der Waals surface area contributed by atoms with Crippen LogP contribution in [0.5, 0.6) is 0 Å². The molecule has 0 spiro atoms. The highest BCUT2D eigenvalue weighted by Gasteiger charge is 2.09. The lowest BCUT2D eigenvalue weighted by Crippen LogP contribution is -2.27. The predicted octanol–water partition coefficient (Wildman–Crippen LogP) is 3.13. The summed E-state index contributed by atoms with van der Waals surface area (Å²) in [5.41, 5.74) is 2.20. The van der Waals surface area contributed by atoms with Crippen LogP contribution in [0.4, 0.5) is 5.82 Å². The van der Waals surface area contributed by atoms with E-state index in [9.17, 15) is 5.21 Å². The van der Waals surface area contributed by atoms with E-state index in [1.54, 1.807) is 18.2 Å². The molecule has 0 saturated carbocycles. The van der Waals surface area contributed by atoms with E-state index < -0.39 is 0 Å². The molecule has 5 heteroatoms. The first-order chi connectivity index (χ1) is 9.72. The van der Waals surface area contributed by atoms with Crippen molar-refractivity contribution in [1.82, 2.24) is 4.98 Å². The van der Waals surface area contributed by atoms with E-state index in [2.05, 4.69) is 10.3 Å². The maximum Gasteiger partial charge on any atom is 0.244 e. The number of aromatic nitrogens is 2. The smallest absolute Gasteiger partial charge is 0.244 e. The fourth-order valence-electron chi connectivity index (χ4n) is 1.98. The number of fused-ring (bicyclic) bond motifs is 1. The normalized spacial score (nSPS) is 10.7. The maximum absolute atomic E-state index is 11.9. The number of hydrogen-bond donors (Lipinski definition) is 1. The minimum atomic E-state index is 0.461. The van der Waals surface area contributed by atoms with Crippen LogP contribution in [0.3, 0.4) is 0 Å². The Morgan fingerprint density at radius 3 is 2.75 bits per heavy atom. The summed E-state index contributed by atoms with van der Waals surface area (Å²) in [5.74, 6) is 0.540. The topological polar surface area (TPSA) is 51.9 Å². The minimum absolute atomic E-state index is 0.461. The quantitative estimate of drug-likeness (QED) is 0.594. The zero-order chi connectivity index (χ0) is 13.9. The average molecular weight is 286 g/mol. The fraction of sp³-hybridized carbons (Fsp3) is 0.0667. The van der Waals surface area contributed by atoms with Crippen molar-refractivity contribution in [1.29, 1.82) is 0 Å². The van der Waals surface area contributed by atoms with E-state index in [0.29, 0.717) is 28.4 Å². The Bertz CT molecular complexity index is 747. The van der Waals surface area contributed by atoms with E-state index in [0.717, 1.165) is 10.3 Å². The molecule has 0 unspecified atom stereocenters. The Balaban J connectivity index is 1.87. The van der Waals surface area contributed by atoms with Crippen LogP contribution >= 0.6 is 11.6 Å². The minimum Gasteiger partial charge on any atom is -0.618 e. The highest BCUT2D eigenvalue weighted by atomic mass is 35.5. The van der Waals surface area contributed by atoms with Crippen molar-refractivity contribution >= 4 is 28.5 Å². The van der Waals surface area contributed by atoms with Gasteiger partial charge in [0.25, 0.3) is 0 Å². The van der Waals surface area contributed by atoms with Crippen LogP contribution in [0.15, 0.2) is 54.7 Å². The molecule has 1 aromatic heterocycles. The molecule has 0 atom stereocenters. The van der Waals surface area contributed by atoms with Gasteiger partial charge in [-0.1, -0.05) is 41.9 Å². The first kappa shape index (κ1) is 12.7. The maximum atomic E-state index is 11.9. The van der Waals surface area contributed by atoms with Crippen molar-refractivity contribution in [3.63, 3.8) is 0 Å². The summed E-state index contributed by atoms with van der Waals surface area (Å²) in [6, 6.07) is 15.0. The Kier molecular flexibility index (Phi) is 3.39. The van der Waals surface area contributed by atoms with Gasteiger partial charge in [0.15, 0.2) is 5.82 Å². The Labute approximate surface area is 121 Å². The standard InChI is InChI=1S/C15H12ClN3O/c16-12-6-7-13-14(8-12)19(20)10-15(18-13)17-9-11-4-2-1-3-5-11/h1-8,10H,9H2,(H,17,18). The van der Waals surface area contributed by atoms with Gasteiger partial charge in [-0.05, 0) is 17.7 Å². The van der Waals surface area contributed by atoms with Gasteiger partial charge in [-0.15, -0.1) is 0 Å². The third kappa shape index (κ3) is 2.65. The van der Waals surface area contributed by atoms with Crippen LogP contribution in [-0.2, 0) is 6.54 Å².